The number of hydrogen-bond acceptors (Lipinski definition) is 4. The highest BCUT2D eigenvalue weighted by Crippen LogP contribution is 2.36. The second-order valence-electron chi connectivity index (χ2n) is 5.88. The Kier molecular flexibility index (Phi) is 5.20. The normalized spacial score (nSPS) is 16.7. The molecule has 0 saturated heterocycles. The molecule has 0 saturated carbocycles. The van der Waals surface area contributed by atoms with Crippen LogP contribution in [0.5, 0.6) is 0 Å². The second kappa shape index (κ2) is 7.37. The number of hydrazone groups is 1. The molecule has 2 aromatic rings. The highest BCUT2D eigenvalue weighted by molar-refractivity contribution is 7.12. The molecule has 0 unspecified atom stereocenters. The number of carbonyl (C=O) groups is 2. The number of benzene rings is 1. The van der Waals surface area contributed by atoms with Gasteiger partial charge in [-0.3, -0.25) is 9.59 Å². The Labute approximate surface area is 155 Å². The first-order chi connectivity index (χ1) is 12.0. The van der Waals surface area contributed by atoms with E-state index < -0.39 is 0 Å². The smallest absolute Gasteiger partial charge is 0.262 e. The highest BCUT2D eigenvalue weighted by atomic mass is 35.5. The van der Waals surface area contributed by atoms with Gasteiger partial charge >= 0.3 is 0 Å². The summed E-state index contributed by atoms with van der Waals surface area (Å²) >= 11 is 7.94. The maximum atomic E-state index is 12.8. The molecule has 25 heavy (non-hydrogen) atoms. The van der Waals surface area contributed by atoms with Gasteiger partial charge in [-0.25, -0.2) is 5.01 Å². The molecule has 0 spiro atoms. The van der Waals surface area contributed by atoms with Gasteiger partial charge in [-0.15, -0.1) is 11.3 Å². The van der Waals surface area contributed by atoms with E-state index in [1.165, 1.54) is 16.8 Å². The van der Waals surface area contributed by atoms with Crippen LogP contribution in [-0.2, 0) is 9.59 Å². The van der Waals surface area contributed by atoms with Crippen LogP contribution in [0.1, 0.15) is 29.8 Å². The number of nitrogens with zero attached hydrogens (tertiary/aromatic N) is 3. The highest BCUT2D eigenvalue weighted by Gasteiger charge is 2.34. The standard InChI is InChI=1S/C18H18ClN3O2S/c1-12(23)21(2)11-18(24)22-16(13-6-3-4-7-14(13)19)10-15(20-22)17-8-5-9-25-17/h3-9,16H,10-11H2,1-2H3/t16-/m1/s1. The van der Waals surface area contributed by atoms with Gasteiger partial charge in [-0.1, -0.05) is 35.9 Å². The van der Waals surface area contributed by atoms with Crippen LogP contribution >= 0.6 is 22.9 Å². The molecule has 5 nitrogen and oxygen atoms in total. The average Bonchev–Trinajstić information content (AvgIpc) is 3.24. The van der Waals surface area contributed by atoms with Crippen molar-refractivity contribution in [1.29, 1.82) is 0 Å². The lowest BCUT2D eigenvalue weighted by Crippen LogP contribution is -2.38. The molecule has 0 N–H and O–H groups in total. The van der Waals surface area contributed by atoms with Gasteiger partial charge in [0.05, 0.1) is 16.6 Å². The Morgan fingerprint density at radius 2 is 2.08 bits per heavy atom. The molecule has 2 heterocycles. The lowest BCUT2D eigenvalue weighted by Gasteiger charge is -2.25. The van der Waals surface area contributed by atoms with E-state index in [-0.39, 0.29) is 24.4 Å². The molecule has 0 radical (unpaired) electrons. The van der Waals surface area contributed by atoms with Gasteiger partial charge in [0.25, 0.3) is 5.91 Å². The van der Waals surface area contributed by atoms with Crippen LogP contribution < -0.4 is 0 Å². The zero-order valence-corrected chi connectivity index (χ0v) is 15.5. The van der Waals surface area contributed by atoms with Crippen molar-refractivity contribution < 1.29 is 9.59 Å². The van der Waals surface area contributed by atoms with Crippen LogP contribution in [0.2, 0.25) is 5.02 Å². The molecule has 2 amide bonds. The Bertz CT molecular complexity index is 819. The fourth-order valence-corrected chi connectivity index (χ4v) is 3.69. The van der Waals surface area contributed by atoms with E-state index in [0.29, 0.717) is 11.4 Å². The third-order valence-corrected chi connectivity index (χ3v) is 5.41. The molecule has 1 aliphatic heterocycles. The van der Waals surface area contributed by atoms with Gasteiger partial charge in [0, 0.05) is 25.4 Å². The summed E-state index contributed by atoms with van der Waals surface area (Å²) in [6.45, 7) is 1.42. The van der Waals surface area contributed by atoms with E-state index >= 15 is 0 Å². The second-order valence-corrected chi connectivity index (χ2v) is 7.23. The number of carbonyl (C=O) groups excluding carboxylic acids is 2. The predicted octanol–water partition coefficient (Wildman–Crippen LogP) is 3.56. The van der Waals surface area contributed by atoms with Crippen LogP contribution in [-0.4, -0.2) is 41.0 Å². The number of amides is 2. The molecule has 0 aliphatic carbocycles. The lowest BCUT2D eigenvalue weighted by molar-refractivity contribution is -0.139. The van der Waals surface area contributed by atoms with E-state index in [4.69, 9.17) is 11.6 Å². The fourth-order valence-electron chi connectivity index (χ4n) is 2.71. The topological polar surface area (TPSA) is 53.0 Å². The predicted molar refractivity (Wildman–Crippen MR) is 99.8 cm³/mol. The Hall–Kier alpha value is -2.18. The van der Waals surface area contributed by atoms with Crippen molar-refractivity contribution in [2.75, 3.05) is 13.6 Å². The number of likely N-dealkylation sites (N-methyl/N-ethyl adjacent to an activating group) is 1. The molecule has 0 fully saturated rings. The van der Waals surface area contributed by atoms with E-state index in [1.54, 1.807) is 18.4 Å². The van der Waals surface area contributed by atoms with Crippen molar-refractivity contribution >= 4 is 40.5 Å². The summed E-state index contributed by atoms with van der Waals surface area (Å²) in [4.78, 5) is 26.6. The zero-order valence-electron chi connectivity index (χ0n) is 14.0. The van der Waals surface area contributed by atoms with Gasteiger partial charge in [0.15, 0.2) is 0 Å². The van der Waals surface area contributed by atoms with Crippen molar-refractivity contribution in [3.8, 4) is 0 Å². The van der Waals surface area contributed by atoms with E-state index in [9.17, 15) is 9.59 Å². The summed E-state index contributed by atoms with van der Waals surface area (Å²) in [5.41, 5.74) is 1.72. The quantitative estimate of drug-likeness (QED) is 0.820. The number of hydrogen-bond donors (Lipinski definition) is 0. The summed E-state index contributed by atoms with van der Waals surface area (Å²) in [6, 6.07) is 11.2. The molecule has 1 atom stereocenters. The van der Waals surface area contributed by atoms with Crippen LogP contribution in [0, 0.1) is 0 Å². The van der Waals surface area contributed by atoms with Crippen molar-refractivity contribution in [2.45, 2.75) is 19.4 Å². The van der Waals surface area contributed by atoms with Crippen molar-refractivity contribution in [1.82, 2.24) is 9.91 Å². The first kappa shape index (κ1) is 17.6. The van der Waals surface area contributed by atoms with E-state index in [2.05, 4.69) is 5.10 Å². The summed E-state index contributed by atoms with van der Waals surface area (Å²) < 4.78 is 0. The van der Waals surface area contributed by atoms with Gasteiger partial charge in [0.2, 0.25) is 5.91 Å². The summed E-state index contributed by atoms with van der Waals surface area (Å²) in [5.74, 6) is -0.390. The van der Waals surface area contributed by atoms with Gasteiger partial charge in [-0.2, -0.15) is 5.10 Å². The maximum absolute atomic E-state index is 12.8. The minimum Gasteiger partial charge on any atom is -0.337 e. The Morgan fingerprint density at radius 1 is 1.32 bits per heavy atom. The van der Waals surface area contributed by atoms with Gasteiger partial charge < -0.3 is 4.90 Å². The van der Waals surface area contributed by atoms with Gasteiger partial charge in [-0.05, 0) is 23.1 Å². The average molecular weight is 376 g/mol. The SMILES string of the molecule is CC(=O)N(C)CC(=O)N1N=C(c2cccs2)C[C@@H]1c1ccccc1Cl. The first-order valence-corrected chi connectivity index (χ1v) is 9.12. The van der Waals surface area contributed by atoms with E-state index in [1.807, 2.05) is 41.8 Å². The molecule has 3 rings (SSSR count). The minimum absolute atomic E-state index is 0.0164. The van der Waals surface area contributed by atoms with Crippen LogP contribution in [0.4, 0.5) is 0 Å². The van der Waals surface area contributed by atoms with E-state index in [0.717, 1.165) is 16.2 Å². The molecule has 7 heteroatoms. The largest absolute Gasteiger partial charge is 0.337 e. The first-order valence-electron chi connectivity index (χ1n) is 7.87. The number of halogens is 1. The number of thiophene rings is 1. The molecule has 1 aliphatic rings. The summed E-state index contributed by atoms with van der Waals surface area (Å²) in [7, 11) is 1.60. The lowest BCUT2D eigenvalue weighted by atomic mass is 10.0. The summed E-state index contributed by atoms with van der Waals surface area (Å²) in [5, 5.41) is 8.61. The summed E-state index contributed by atoms with van der Waals surface area (Å²) in [6.07, 6.45) is 0.597. The van der Waals surface area contributed by atoms with Crippen LogP contribution in [0.15, 0.2) is 46.9 Å². The van der Waals surface area contributed by atoms with Crippen molar-refractivity contribution in [2.24, 2.45) is 5.10 Å². The fraction of sp³-hybridized carbons (Fsp3) is 0.278. The molecular weight excluding hydrogens is 358 g/mol. The minimum atomic E-state index is -0.265. The zero-order chi connectivity index (χ0) is 18.0. The monoisotopic (exact) mass is 375 g/mol. The molecule has 130 valence electrons. The molecule has 1 aromatic heterocycles. The third-order valence-electron chi connectivity index (χ3n) is 4.15. The molecular formula is C18H18ClN3O2S. The van der Waals surface area contributed by atoms with Crippen molar-refractivity contribution in [3.05, 3.63) is 57.2 Å². The third kappa shape index (κ3) is 3.75. The van der Waals surface area contributed by atoms with Crippen molar-refractivity contribution in [3.63, 3.8) is 0 Å². The molecule has 1 aromatic carbocycles. The number of rotatable bonds is 4. The van der Waals surface area contributed by atoms with Crippen LogP contribution in [0.25, 0.3) is 0 Å². The Balaban J connectivity index is 1.92. The molecule has 0 bridgehead atoms. The van der Waals surface area contributed by atoms with Gasteiger partial charge in [0.1, 0.15) is 6.54 Å². The Morgan fingerprint density at radius 3 is 2.72 bits per heavy atom. The van der Waals surface area contributed by atoms with Crippen LogP contribution in [0.3, 0.4) is 0 Å². The maximum Gasteiger partial charge on any atom is 0.262 e.